The van der Waals surface area contributed by atoms with Gasteiger partial charge in [0, 0.05) is 37.6 Å². The number of fused-ring (bicyclic) bond motifs is 1. The number of anilines is 1. The Bertz CT molecular complexity index is 562. The number of thiophene rings is 1. The molecule has 108 valence electrons. The van der Waals surface area contributed by atoms with Gasteiger partial charge in [0.1, 0.15) is 17.0 Å². The highest BCUT2D eigenvalue weighted by Crippen LogP contribution is 2.27. The third-order valence-electron chi connectivity index (χ3n) is 3.61. The summed E-state index contributed by atoms with van der Waals surface area (Å²) in [5, 5.41) is 7.98. The molecule has 1 fully saturated rings. The molecule has 2 aromatic heterocycles. The molecular weight excluding hydrogens is 270 g/mol. The van der Waals surface area contributed by atoms with Gasteiger partial charge in [-0.1, -0.05) is 0 Å². The van der Waals surface area contributed by atoms with E-state index in [1.165, 1.54) is 18.0 Å². The van der Waals surface area contributed by atoms with E-state index in [-0.39, 0.29) is 0 Å². The highest BCUT2D eigenvalue weighted by atomic mass is 32.1. The van der Waals surface area contributed by atoms with Gasteiger partial charge in [-0.05, 0) is 26.0 Å². The van der Waals surface area contributed by atoms with E-state index in [4.69, 9.17) is 0 Å². The molecule has 20 heavy (non-hydrogen) atoms. The van der Waals surface area contributed by atoms with E-state index in [1.54, 1.807) is 17.7 Å². The predicted octanol–water partition coefficient (Wildman–Crippen LogP) is 1.71. The summed E-state index contributed by atoms with van der Waals surface area (Å²) in [4.78, 5) is 13.6. The minimum atomic E-state index is 0.963. The minimum Gasteiger partial charge on any atom is -0.369 e. The summed E-state index contributed by atoms with van der Waals surface area (Å²) in [6, 6.07) is 2.17. The van der Waals surface area contributed by atoms with Gasteiger partial charge >= 0.3 is 0 Å². The molecule has 1 saturated heterocycles. The summed E-state index contributed by atoms with van der Waals surface area (Å²) in [5.41, 5.74) is 0. The lowest BCUT2D eigenvalue weighted by Crippen LogP contribution is -2.44. The van der Waals surface area contributed by atoms with Crippen LogP contribution in [0.1, 0.15) is 11.3 Å². The number of aromatic nitrogens is 2. The quantitative estimate of drug-likeness (QED) is 0.821. The SMILES string of the molecule is Cc1cc2c(NCCCN3CCNCC3)ncnc2s1. The number of rotatable bonds is 5. The Morgan fingerprint density at radius 1 is 1.35 bits per heavy atom. The fraction of sp³-hybridized carbons (Fsp3) is 0.571. The number of hydrogen-bond donors (Lipinski definition) is 2. The lowest BCUT2D eigenvalue weighted by molar-refractivity contribution is 0.240. The molecule has 0 unspecified atom stereocenters. The highest BCUT2D eigenvalue weighted by Gasteiger charge is 2.09. The van der Waals surface area contributed by atoms with Gasteiger partial charge in [0.2, 0.25) is 0 Å². The second-order valence-electron chi connectivity index (χ2n) is 5.17. The Kier molecular flexibility index (Phi) is 4.44. The van der Waals surface area contributed by atoms with Gasteiger partial charge in [-0.3, -0.25) is 0 Å². The maximum Gasteiger partial charge on any atom is 0.138 e. The smallest absolute Gasteiger partial charge is 0.138 e. The van der Waals surface area contributed by atoms with E-state index in [0.717, 1.165) is 48.6 Å². The lowest BCUT2D eigenvalue weighted by Gasteiger charge is -2.27. The number of hydrogen-bond acceptors (Lipinski definition) is 6. The Balaban J connectivity index is 1.52. The molecule has 5 nitrogen and oxygen atoms in total. The predicted molar refractivity (Wildman–Crippen MR) is 84.6 cm³/mol. The van der Waals surface area contributed by atoms with Crippen LogP contribution < -0.4 is 10.6 Å². The molecule has 0 amide bonds. The van der Waals surface area contributed by atoms with Crippen molar-refractivity contribution in [3.05, 3.63) is 17.3 Å². The molecule has 2 aromatic rings. The Morgan fingerprint density at radius 2 is 2.20 bits per heavy atom. The molecule has 0 spiro atoms. The largest absolute Gasteiger partial charge is 0.369 e. The summed E-state index contributed by atoms with van der Waals surface area (Å²) < 4.78 is 0. The third kappa shape index (κ3) is 3.26. The molecule has 2 N–H and O–H groups in total. The highest BCUT2D eigenvalue weighted by molar-refractivity contribution is 7.18. The van der Waals surface area contributed by atoms with Gasteiger partial charge in [-0.2, -0.15) is 0 Å². The zero-order chi connectivity index (χ0) is 13.8. The average molecular weight is 291 g/mol. The molecule has 0 aromatic carbocycles. The standard InChI is InChI=1S/C14H21N5S/c1-11-9-12-13(17-10-18-14(12)20-11)16-3-2-6-19-7-4-15-5-8-19/h9-10,15H,2-8H2,1H3,(H,16,17,18). The third-order valence-corrected chi connectivity index (χ3v) is 4.56. The average Bonchev–Trinajstić information content (AvgIpc) is 2.86. The first-order valence-electron chi connectivity index (χ1n) is 7.21. The number of piperazine rings is 1. The summed E-state index contributed by atoms with van der Waals surface area (Å²) in [5.74, 6) is 0.972. The normalized spacial score (nSPS) is 16.6. The Hall–Kier alpha value is -1.24. The number of nitrogens with zero attached hydrogens (tertiary/aromatic N) is 3. The van der Waals surface area contributed by atoms with E-state index in [1.807, 2.05) is 0 Å². The fourth-order valence-corrected chi connectivity index (χ4v) is 3.41. The van der Waals surface area contributed by atoms with Crippen LogP contribution in [0, 0.1) is 6.92 Å². The van der Waals surface area contributed by atoms with Gasteiger partial charge in [0.25, 0.3) is 0 Å². The van der Waals surface area contributed by atoms with Gasteiger partial charge in [0.05, 0.1) is 5.39 Å². The molecule has 6 heteroatoms. The molecule has 0 radical (unpaired) electrons. The van der Waals surface area contributed by atoms with Crippen LogP contribution >= 0.6 is 11.3 Å². The molecule has 3 rings (SSSR count). The van der Waals surface area contributed by atoms with Crippen LogP contribution in [-0.2, 0) is 0 Å². The van der Waals surface area contributed by atoms with Gasteiger partial charge in [-0.15, -0.1) is 11.3 Å². The van der Waals surface area contributed by atoms with Crippen molar-refractivity contribution in [2.75, 3.05) is 44.6 Å². The molecule has 0 atom stereocenters. The molecular formula is C14H21N5S. The monoisotopic (exact) mass is 291 g/mol. The van der Waals surface area contributed by atoms with Crippen LogP contribution in [0.2, 0.25) is 0 Å². The van der Waals surface area contributed by atoms with Crippen molar-refractivity contribution in [1.82, 2.24) is 20.2 Å². The van der Waals surface area contributed by atoms with Crippen molar-refractivity contribution >= 4 is 27.4 Å². The minimum absolute atomic E-state index is 0.963. The van der Waals surface area contributed by atoms with Crippen molar-refractivity contribution in [3.8, 4) is 0 Å². The zero-order valence-corrected chi connectivity index (χ0v) is 12.7. The van der Waals surface area contributed by atoms with Crippen LogP contribution in [0.5, 0.6) is 0 Å². The van der Waals surface area contributed by atoms with Crippen LogP contribution in [0.3, 0.4) is 0 Å². The van der Waals surface area contributed by atoms with Crippen LogP contribution in [-0.4, -0.2) is 54.1 Å². The van der Waals surface area contributed by atoms with E-state index >= 15 is 0 Å². The summed E-state index contributed by atoms with van der Waals surface area (Å²) in [7, 11) is 0. The summed E-state index contributed by atoms with van der Waals surface area (Å²) >= 11 is 1.72. The molecule has 1 aliphatic heterocycles. The topological polar surface area (TPSA) is 53.1 Å². The summed E-state index contributed by atoms with van der Waals surface area (Å²) in [6.07, 6.45) is 2.80. The van der Waals surface area contributed by atoms with Crippen molar-refractivity contribution < 1.29 is 0 Å². The van der Waals surface area contributed by atoms with Crippen molar-refractivity contribution in [1.29, 1.82) is 0 Å². The molecule has 3 heterocycles. The van der Waals surface area contributed by atoms with E-state index < -0.39 is 0 Å². The number of aryl methyl sites for hydroxylation is 1. The van der Waals surface area contributed by atoms with E-state index in [0.29, 0.717) is 0 Å². The van der Waals surface area contributed by atoms with E-state index in [2.05, 4.69) is 38.5 Å². The molecule has 0 saturated carbocycles. The van der Waals surface area contributed by atoms with Crippen LogP contribution in [0.25, 0.3) is 10.2 Å². The molecule has 1 aliphatic rings. The first-order valence-corrected chi connectivity index (χ1v) is 8.03. The maximum absolute atomic E-state index is 4.37. The molecule has 0 bridgehead atoms. The fourth-order valence-electron chi connectivity index (χ4n) is 2.56. The lowest BCUT2D eigenvalue weighted by atomic mass is 10.3. The Morgan fingerprint density at radius 3 is 3.05 bits per heavy atom. The van der Waals surface area contributed by atoms with Crippen molar-refractivity contribution in [2.45, 2.75) is 13.3 Å². The Labute approximate surface area is 123 Å². The summed E-state index contributed by atoms with van der Waals surface area (Å²) in [6.45, 7) is 8.81. The van der Waals surface area contributed by atoms with Crippen LogP contribution in [0.4, 0.5) is 5.82 Å². The van der Waals surface area contributed by atoms with Crippen LogP contribution in [0.15, 0.2) is 12.4 Å². The zero-order valence-electron chi connectivity index (χ0n) is 11.9. The maximum atomic E-state index is 4.37. The van der Waals surface area contributed by atoms with Gasteiger partial charge < -0.3 is 15.5 Å². The number of nitrogens with one attached hydrogen (secondary N) is 2. The first-order chi connectivity index (χ1) is 9.83. The van der Waals surface area contributed by atoms with Crippen molar-refractivity contribution in [2.24, 2.45) is 0 Å². The van der Waals surface area contributed by atoms with Gasteiger partial charge in [0.15, 0.2) is 0 Å². The molecule has 0 aliphatic carbocycles. The second-order valence-corrected chi connectivity index (χ2v) is 6.40. The van der Waals surface area contributed by atoms with Crippen molar-refractivity contribution in [3.63, 3.8) is 0 Å². The van der Waals surface area contributed by atoms with E-state index in [9.17, 15) is 0 Å². The second kappa shape index (κ2) is 6.47. The first kappa shape index (κ1) is 13.7. The van der Waals surface area contributed by atoms with Gasteiger partial charge in [-0.25, -0.2) is 9.97 Å².